The van der Waals surface area contributed by atoms with E-state index in [0.29, 0.717) is 23.7 Å². The molecule has 0 radical (unpaired) electrons. The third-order valence-corrected chi connectivity index (χ3v) is 10.2. The van der Waals surface area contributed by atoms with Gasteiger partial charge in [-0.15, -0.1) is 0 Å². The first-order chi connectivity index (χ1) is 26.5. The molecular weight excluding hydrogens is 719 g/mol. The SMILES string of the molecule is CC(C)C.CC(C)c1ccc(-c2ccc(C(C)C)c(Cl)c2)cc1Cl.Cc1cc(-c2ccc(C(C)C)c(C)c2)ccc1C(C)C.c1ccc(-c2ccccc2)cc1. The van der Waals surface area contributed by atoms with E-state index in [4.69, 9.17) is 23.2 Å². The van der Waals surface area contributed by atoms with Gasteiger partial charge < -0.3 is 0 Å². The van der Waals surface area contributed by atoms with Gasteiger partial charge in [-0.05, 0) is 122 Å². The van der Waals surface area contributed by atoms with Gasteiger partial charge in [-0.3, -0.25) is 0 Å². The highest BCUT2D eigenvalue weighted by Crippen LogP contribution is 2.34. The highest BCUT2D eigenvalue weighted by Gasteiger charge is 2.11. The summed E-state index contributed by atoms with van der Waals surface area (Å²) in [6.45, 7) is 28.5. The molecule has 0 aromatic heterocycles. The van der Waals surface area contributed by atoms with E-state index in [1.54, 1.807) is 0 Å². The zero-order valence-electron chi connectivity index (χ0n) is 36.3. The molecule has 6 aromatic carbocycles. The molecule has 0 saturated carbocycles. The minimum absolute atomic E-state index is 0.434. The van der Waals surface area contributed by atoms with Crippen molar-refractivity contribution in [1.29, 1.82) is 0 Å². The van der Waals surface area contributed by atoms with Gasteiger partial charge in [-0.25, -0.2) is 0 Å². The molecule has 2 heteroatoms. The Morgan fingerprint density at radius 2 is 0.554 bits per heavy atom. The quantitative estimate of drug-likeness (QED) is 0.151. The van der Waals surface area contributed by atoms with Crippen LogP contribution in [0, 0.1) is 19.8 Å². The van der Waals surface area contributed by atoms with Crippen LogP contribution in [0.25, 0.3) is 33.4 Å². The maximum absolute atomic E-state index is 6.36. The van der Waals surface area contributed by atoms with Gasteiger partial charge in [0.1, 0.15) is 0 Å². The summed E-state index contributed by atoms with van der Waals surface area (Å²) in [4.78, 5) is 0. The van der Waals surface area contributed by atoms with Crippen molar-refractivity contribution in [2.45, 2.75) is 114 Å². The van der Waals surface area contributed by atoms with Gasteiger partial charge in [0, 0.05) is 10.0 Å². The lowest BCUT2D eigenvalue weighted by atomic mass is 9.91. The third-order valence-electron chi connectivity index (χ3n) is 9.58. The van der Waals surface area contributed by atoms with E-state index in [1.807, 2.05) is 24.3 Å². The Hall–Kier alpha value is -4.10. The van der Waals surface area contributed by atoms with Crippen molar-refractivity contribution >= 4 is 23.2 Å². The fourth-order valence-electron chi connectivity index (χ4n) is 6.62. The van der Waals surface area contributed by atoms with E-state index in [0.717, 1.165) is 27.1 Å². The second-order valence-electron chi connectivity index (χ2n) is 16.7. The van der Waals surface area contributed by atoms with Crippen LogP contribution in [-0.2, 0) is 0 Å². The standard InChI is InChI=1S/C20H26.C18H20Cl2.C12H10.C4H10/c1-13(2)19-9-7-17(11-15(19)5)18-8-10-20(14(3)4)16(6)12-18;1-11(2)15-7-5-13(9-17(15)19)14-6-8-16(12(3)4)18(20)10-14;1-3-7-11(8-4-1)12-9-5-2-6-10-12;1-4(2)3/h7-14H,1-6H3;5-12H,1-4H3;1-10H;4H,1-3H3. The summed E-state index contributed by atoms with van der Waals surface area (Å²) in [7, 11) is 0. The Morgan fingerprint density at radius 1 is 0.304 bits per heavy atom. The largest absolute Gasteiger partial charge is 0.0840 e. The van der Waals surface area contributed by atoms with Crippen molar-refractivity contribution in [1.82, 2.24) is 0 Å². The first-order valence-corrected chi connectivity index (χ1v) is 21.2. The average Bonchev–Trinajstić information content (AvgIpc) is 3.15. The van der Waals surface area contributed by atoms with E-state index in [-0.39, 0.29) is 0 Å². The molecule has 0 aliphatic rings. The van der Waals surface area contributed by atoms with Crippen LogP contribution in [0.15, 0.2) is 133 Å². The number of hydrogen-bond acceptors (Lipinski definition) is 0. The molecule has 296 valence electrons. The molecule has 0 unspecified atom stereocenters. The lowest BCUT2D eigenvalue weighted by Crippen LogP contribution is -1.94. The molecule has 0 saturated heterocycles. The molecule has 0 bridgehead atoms. The van der Waals surface area contributed by atoms with Gasteiger partial charge in [0.05, 0.1) is 0 Å². The van der Waals surface area contributed by atoms with Crippen molar-refractivity contribution in [3.05, 3.63) is 177 Å². The summed E-state index contributed by atoms with van der Waals surface area (Å²) < 4.78 is 0. The van der Waals surface area contributed by atoms with Crippen LogP contribution in [0.2, 0.25) is 10.0 Å². The van der Waals surface area contributed by atoms with Crippen LogP contribution in [0.1, 0.15) is 133 Å². The van der Waals surface area contributed by atoms with Crippen LogP contribution >= 0.6 is 23.2 Å². The molecule has 0 atom stereocenters. The zero-order valence-corrected chi connectivity index (χ0v) is 37.9. The van der Waals surface area contributed by atoms with Gasteiger partial charge in [0.15, 0.2) is 0 Å². The molecule has 6 rings (SSSR count). The molecule has 0 nitrogen and oxygen atoms in total. The monoisotopic (exact) mass is 784 g/mol. The van der Waals surface area contributed by atoms with Gasteiger partial charge in [0.25, 0.3) is 0 Å². The second kappa shape index (κ2) is 22.6. The van der Waals surface area contributed by atoms with Gasteiger partial charge in [-0.2, -0.15) is 0 Å². The highest BCUT2D eigenvalue weighted by atomic mass is 35.5. The van der Waals surface area contributed by atoms with E-state index in [9.17, 15) is 0 Å². The summed E-state index contributed by atoms with van der Waals surface area (Å²) in [5.74, 6) is 2.88. The summed E-state index contributed by atoms with van der Waals surface area (Å²) in [5, 5.41) is 1.64. The number of rotatable bonds is 7. The fourth-order valence-corrected chi connectivity index (χ4v) is 7.41. The van der Waals surface area contributed by atoms with Gasteiger partial charge >= 0.3 is 0 Å². The lowest BCUT2D eigenvalue weighted by molar-refractivity contribution is 0.737. The molecule has 6 aromatic rings. The summed E-state index contributed by atoms with van der Waals surface area (Å²) in [6.07, 6.45) is 0. The Bertz CT molecular complexity index is 1810. The molecular formula is C54H66Cl2. The highest BCUT2D eigenvalue weighted by molar-refractivity contribution is 6.32. The number of aryl methyl sites for hydroxylation is 2. The van der Waals surface area contributed by atoms with Crippen molar-refractivity contribution in [2.75, 3.05) is 0 Å². The van der Waals surface area contributed by atoms with E-state index >= 15 is 0 Å². The molecule has 0 spiro atoms. The van der Waals surface area contributed by atoms with Crippen LogP contribution < -0.4 is 0 Å². The first kappa shape index (κ1) is 46.3. The lowest BCUT2D eigenvalue weighted by Gasteiger charge is -2.14. The minimum atomic E-state index is 0.434. The normalized spacial score (nSPS) is 10.9. The van der Waals surface area contributed by atoms with Gasteiger partial charge in [0.2, 0.25) is 0 Å². The Kier molecular flexibility index (Phi) is 18.7. The van der Waals surface area contributed by atoms with E-state index in [2.05, 4.69) is 199 Å². The molecule has 0 fully saturated rings. The van der Waals surface area contributed by atoms with Crippen LogP contribution in [-0.4, -0.2) is 0 Å². The second-order valence-corrected chi connectivity index (χ2v) is 17.5. The minimum Gasteiger partial charge on any atom is -0.0840 e. The van der Waals surface area contributed by atoms with E-state index in [1.165, 1.54) is 55.6 Å². The molecule has 0 aliphatic heterocycles. The Morgan fingerprint density at radius 3 is 0.786 bits per heavy atom. The predicted octanol–water partition coefficient (Wildman–Crippen LogP) is 18.1. The molecule has 0 heterocycles. The molecule has 0 amide bonds. The first-order valence-electron chi connectivity index (χ1n) is 20.4. The fraction of sp³-hybridized carbons (Fsp3) is 0.333. The molecule has 0 N–H and O–H groups in total. The van der Waals surface area contributed by atoms with Crippen molar-refractivity contribution in [3.8, 4) is 33.4 Å². The van der Waals surface area contributed by atoms with E-state index < -0.39 is 0 Å². The van der Waals surface area contributed by atoms with Crippen LogP contribution in [0.3, 0.4) is 0 Å². The predicted molar refractivity (Wildman–Crippen MR) is 252 cm³/mol. The molecule has 0 aliphatic carbocycles. The Balaban J connectivity index is 0.000000220. The Labute approximate surface area is 351 Å². The maximum atomic E-state index is 6.36. The zero-order chi connectivity index (χ0) is 41.5. The van der Waals surface area contributed by atoms with Crippen molar-refractivity contribution < 1.29 is 0 Å². The third kappa shape index (κ3) is 14.1. The van der Waals surface area contributed by atoms with Gasteiger partial charge in [-0.1, -0.05) is 221 Å². The average molecular weight is 786 g/mol. The van der Waals surface area contributed by atoms with Crippen LogP contribution in [0.5, 0.6) is 0 Å². The molecule has 56 heavy (non-hydrogen) atoms. The summed E-state index contributed by atoms with van der Waals surface area (Å²) in [5.41, 5.74) is 15.5. The maximum Gasteiger partial charge on any atom is 0.0446 e. The number of hydrogen-bond donors (Lipinski definition) is 0. The number of benzene rings is 6. The van der Waals surface area contributed by atoms with Crippen molar-refractivity contribution in [3.63, 3.8) is 0 Å². The van der Waals surface area contributed by atoms with Crippen LogP contribution in [0.4, 0.5) is 0 Å². The smallest absolute Gasteiger partial charge is 0.0446 e. The van der Waals surface area contributed by atoms with Crippen molar-refractivity contribution in [2.24, 2.45) is 5.92 Å². The summed E-state index contributed by atoms with van der Waals surface area (Å²) >= 11 is 12.7. The topological polar surface area (TPSA) is 0 Å². The number of halogens is 2. The summed E-state index contributed by atoms with van der Waals surface area (Å²) in [6, 6.07) is 47.0.